The SMILES string of the molecule is COCc1ccc(CNC(C)c2ccccc2OC)cc1. The molecule has 0 saturated carbocycles. The molecule has 0 aliphatic heterocycles. The van der Waals surface area contributed by atoms with E-state index in [-0.39, 0.29) is 6.04 Å². The second-order valence-corrected chi connectivity index (χ2v) is 5.09. The van der Waals surface area contributed by atoms with Crippen LogP contribution in [0, 0.1) is 0 Å². The van der Waals surface area contributed by atoms with Gasteiger partial charge in [-0.25, -0.2) is 0 Å². The van der Waals surface area contributed by atoms with E-state index in [0.29, 0.717) is 6.61 Å². The fraction of sp³-hybridized carbons (Fsp3) is 0.333. The van der Waals surface area contributed by atoms with Gasteiger partial charge in [-0.3, -0.25) is 0 Å². The molecule has 0 fully saturated rings. The summed E-state index contributed by atoms with van der Waals surface area (Å²) in [5.41, 5.74) is 3.63. The fourth-order valence-electron chi connectivity index (χ4n) is 2.33. The summed E-state index contributed by atoms with van der Waals surface area (Å²) in [6.45, 7) is 3.63. The van der Waals surface area contributed by atoms with Crippen LogP contribution in [0.2, 0.25) is 0 Å². The lowest BCUT2D eigenvalue weighted by Crippen LogP contribution is -2.18. The van der Waals surface area contributed by atoms with E-state index >= 15 is 0 Å². The summed E-state index contributed by atoms with van der Waals surface area (Å²) in [7, 11) is 3.42. The number of methoxy groups -OCH3 is 2. The van der Waals surface area contributed by atoms with E-state index in [2.05, 4.69) is 42.6 Å². The third-order valence-electron chi connectivity index (χ3n) is 3.55. The lowest BCUT2D eigenvalue weighted by atomic mass is 10.1. The minimum Gasteiger partial charge on any atom is -0.496 e. The van der Waals surface area contributed by atoms with E-state index in [4.69, 9.17) is 9.47 Å². The third-order valence-corrected chi connectivity index (χ3v) is 3.55. The Labute approximate surface area is 126 Å². The van der Waals surface area contributed by atoms with Crippen molar-refractivity contribution in [3.63, 3.8) is 0 Å². The van der Waals surface area contributed by atoms with Crippen LogP contribution in [0.3, 0.4) is 0 Å². The molecule has 2 aromatic rings. The highest BCUT2D eigenvalue weighted by molar-refractivity contribution is 5.35. The van der Waals surface area contributed by atoms with Gasteiger partial charge in [0.1, 0.15) is 5.75 Å². The molecule has 0 heterocycles. The van der Waals surface area contributed by atoms with E-state index < -0.39 is 0 Å². The molecule has 0 bridgehead atoms. The van der Waals surface area contributed by atoms with Gasteiger partial charge in [-0.05, 0) is 24.1 Å². The van der Waals surface area contributed by atoms with Crippen LogP contribution in [0.1, 0.15) is 29.7 Å². The zero-order valence-corrected chi connectivity index (χ0v) is 12.9. The third kappa shape index (κ3) is 4.31. The Morgan fingerprint density at radius 3 is 2.29 bits per heavy atom. The molecule has 2 rings (SSSR count). The molecule has 1 atom stereocenters. The largest absolute Gasteiger partial charge is 0.496 e. The average molecular weight is 285 g/mol. The molecular weight excluding hydrogens is 262 g/mol. The van der Waals surface area contributed by atoms with Gasteiger partial charge in [0.05, 0.1) is 13.7 Å². The van der Waals surface area contributed by atoms with Crippen LogP contribution >= 0.6 is 0 Å². The molecule has 0 amide bonds. The van der Waals surface area contributed by atoms with Gasteiger partial charge in [-0.1, -0.05) is 42.5 Å². The number of para-hydroxylation sites is 1. The van der Waals surface area contributed by atoms with Gasteiger partial charge in [0.15, 0.2) is 0 Å². The van der Waals surface area contributed by atoms with Crippen molar-refractivity contribution in [2.75, 3.05) is 14.2 Å². The first-order valence-electron chi connectivity index (χ1n) is 7.17. The Hall–Kier alpha value is -1.84. The van der Waals surface area contributed by atoms with E-state index in [0.717, 1.165) is 12.3 Å². The van der Waals surface area contributed by atoms with Gasteiger partial charge in [0.25, 0.3) is 0 Å². The highest BCUT2D eigenvalue weighted by Crippen LogP contribution is 2.24. The van der Waals surface area contributed by atoms with E-state index in [1.807, 2.05) is 18.2 Å². The van der Waals surface area contributed by atoms with Crippen LogP contribution < -0.4 is 10.1 Å². The summed E-state index contributed by atoms with van der Waals surface area (Å²) in [6, 6.07) is 16.8. The predicted molar refractivity (Wildman–Crippen MR) is 85.4 cm³/mol. The second-order valence-electron chi connectivity index (χ2n) is 5.09. The lowest BCUT2D eigenvalue weighted by Gasteiger charge is -2.17. The second kappa shape index (κ2) is 7.81. The number of benzene rings is 2. The lowest BCUT2D eigenvalue weighted by molar-refractivity contribution is 0.185. The van der Waals surface area contributed by atoms with Gasteiger partial charge in [-0.2, -0.15) is 0 Å². The molecule has 0 aliphatic carbocycles. The standard InChI is InChI=1S/C18H23NO2/c1-14(17-6-4-5-7-18(17)21-3)19-12-15-8-10-16(11-9-15)13-20-2/h4-11,14,19H,12-13H2,1-3H3. The first-order chi connectivity index (χ1) is 10.2. The molecule has 0 saturated heterocycles. The van der Waals surface area contributed by atoms with Crippen molar-refractivity contribution in [1.82, 2.24) is 5.32 Å². The van der Waals surface area contributed by atoms with E-state index in [1.165, 1.54) is 16.7 Å². The predicted octanol–water partition coefficient (Wildman–Crippen LogP) is 3.69. The summed E-state index contributed by atoms with van der Waals surface area (Å²) < 4.78 is 10.5. The molecular formula is C18H23NO2. The van der Waals surface area contributed by atoms with E-state index in [1.54, 1.807) is 14.2 Å². The molecule has 112 valence electrons. The van der Waals surface area contributed by atoms with Crippen molar-refractivity contribution in [3.8, 4) is 5.75 Å². The molecule has 0 aromatic heterocycles. The number of nitrogens with one attached hydrogen (secondary N) is 1. The summed E-state index contributed by atoms with van der Waals surface area (Å²) in [5.74, 6) is 0.924. The topological polar surface area (TPSA) is 30.5 Å². The smallest absolute Gasteiger partial charge is 0.123 e. The Balaban J connectivity index is 1.95. The summed E-state index contributed by atoms with van der Waals surface area (Å²) in [4.78, 5) is 0. The molecule has 0 spiro atoms. The Morgan fingerprint density at radius 1 is 0.952 bits per heavy atom. The van der Waals surface area contributed by atoms with Crippen LogP contribution in [-0.4, -0.2) is 14.2 Å². The van der Waals surface area contributed by atoms with Crippen molar-refractivity contribution in [1.29, 1.82) is 0 Å². The first-order valence-corrected chi connectivity index (χ1v) is 7.17. The van der Waals surface area contributed by atoms with Crippen LogP contribution in [0.25, 0.3) is 0 Å². The molecule has 0 radical (unpaired) electrons. The van der Waals surface area contributed by atoms with Crippen molar-refractivity contribution >= 4 is 0 Å². The number of ether oxygens (including phenoxy) is 2. The minimum atomic E-state index is 0.236. The average Bonchev–Trinajstić information content (AvgIpc) is 2.54. The monoisotopic (exact) mass is 285 g/mol. The van der Waals surface area contributed by atoms with Crippen molar-refractivity contribution in [2.45, 2.75) is 26.1 Å². The maximum Gasteiger partial charge on any atom is 0.123 e. The quantitative estimate of drug-likeness (QED) is 0.841. The first kappa shape index (κ1) is 15.5. The zero-order chi connectivity index (χ0) is 15.1. The number of hydrogen-bond donors (Lipinski definition) is 1. The van der Waals surface area contributed by atoms with Gasteiger partial charge in [-0.15, -0.1) is 0 Å². The van der Waals surface area contributed by atoms with Crippen LogP contribution in [0.4, 0.5) is 0 Å². The van der Waals surface area contributed by atoms with E-state index in [9.17, 15) is 0 Å². The highest BCUT2D eigenvalue weighted by Gasteiger charge is 2.09. The van der Waals surface area contributed by atoms with Crippen molar-refractivity contribution in [2.24, 2.45) is 0 Å². The Kier molecular flexibility index (Phi) is 5.78. The molecule has 3 heteroatoms. The number of rotatable bonds is 7. The molecule has 0 aliphatic rings. The summed E-state index contributed by atoms with van der Waals surface area (Å²) in [5, 5.41) is 3.53. The van der Waals surface area contributed by atoms with Crippen LogP contribution in [0.15, 0.2) is 48.5 Å². The molecule has 2 aromatic carbocycles. The van der Waals surface area contributed by atoms with Crippen molar-refractivity contribution in [3.05, 3.63) is 65.2 Å². The molecule has 21 heavy (non-hydrogen) atoms. The van der Waals surface area contributed by atoms with Gasteiger partial charge < -0.3 is 14.8 Å². The summed E-state index contributed by atoms with van der Waals surface area (Å²) >= 11 is 0. The van der Waals surface area contributed by atoms with Crippen molar-refractivity contribution < 1.29 is 9.47 Å². The highest BCUT2D eigenvalue weighted by atomic mass is 16.5. The summed E-state index contributed by atoms with van der Waals surface area (Å²) in [6.07, 6.45) is 0. The van der Waals surface area contributed by atoms with Crippen LogP contribution in [0.5, 0.6) is 5.75 Å². The zero-order valence-electron chi connectivity index (χ0n) is 12.9. The normalized spacial score (nSPS) is 12.1. The minimum absolute atomic E-state index is 0.236. The fourth-order valence-corrected chi connectivity index (χ4v) is 2.33. The molecule has 1 unspecified atom stereocenters. The Bertz CT molecular complexity index is 551. The van der Waals surface area contributed by atoms with Crippen LogP contribution in [-0.2, 0) is 17.9 Å². The Morgan fingerprint density at radius 2 is 1.62 bits per heavy atom. The molecule has 1 N–H and O–H groups in total. The van der Waals surface area contributed by atoms with Gasteiger partial charge >= 0.3 is 0 Å². The number of hydrogen-bond acceptors (Lipinski definition) is 3. The van der Waals surface area contributed by atoms with Gasteiger partial charge in [0.2, 0.25) is 0 Å². The molecule has 3 nitrogen and oxygen atoms in total. The maximum atomic E-state index is 5.41. The maximum absolute atomic E-state index is 5.41. The van der Waals surface area contributed by atoms with Gasteiger partial charge in [0, 0.05) is 25.3 Å².